The van der Waals surface area contributed by atoms with Crippen LogP contribution >= 0.6 is 11.6 Å². The van der Waals surface area contributed by atoms with Gasteiger partial charge in [0.05, 0.1) is 6.10 Å². The fraction of sp³-hybridized carbons (Fsp3) is 1.00. The minimum absolute atomic E-state index is 0.227. The highest BCUT2D eigenvalue weighted by Crippen LogP contribution is 1.90. The Kier molecular flexibility index (Phi) is 4.93. The Balaban J connectivity index is 2.83. The van der Waals surface area contributed by atoms with Gasteiger partial charge in [-0.05, 0) is 13.5 Å². The van der Waals surface area contributed by atoms with Crippen LogP contribution in [0.5, 0.6) is 0 Å². The van der Waals surface area contributed by atoms with E-state index in [9.17, 15) is 0 Å². The molecule has 1 atom stereocenters. The monoisotopic (exact) mass is 136 g/mol. The fourth-order valence-corrected chi connectivity index (χ4v) is 0.887. The molecule has 0 aromatic carbocycles. The molecule has 0 rings (SSSR count). The Hall–Kier alpha value is 0.467. The third-order valence-electron chi connectivity index (χ3n) is 0.536. The Morgan fingerprint density at radius 2 is 2.43 bits per heavy atom. The lowest BCUT2D eigenvalue weighted by atomic mass is 10.5. The maximum Gasteiger partial charge on any atom is 0.226 e. The second-order valence-electron chi connectivity index (χ2n) is 1.29. The molecule has 0 amide bonds. The van der Waals surface area contributed by atoms with E-state index in [1.54, 1.807) is 0 Å². The maximum absolute atomic E-state index is 5.41. The van der Waals surface area contributed by atoms with Gasteiger partial charge in [-0.2, -0.15) is 0 Å². The summed E-state index contributed by atoms with van der Waals surface area (Å²) in [6.07, 6.45) is 0.227. The van der Waals surface area contributed by atoms with Crippen LogP contribution < -0.4 is 0 Å². The summed E-state index contributed by atoms with van der Waals surface area (Å²) in [7, 11) is 0.560. The molecule has 7 heavy (non-hydrogen) atoms. The summed E-state index contributed by atoms with van der Waals surface area (Å²) in [5.74, 6) is 0.598. The maximum atomic E-state index is 5.41. The molecule has 0 aliphatic heterocycles. The van der Waals surface area contributed by atoms with Crippen LogP contribution in [0.4, 0.5) is 0 Å². The van der Waals surface area contributed by atoms with Crippen LogP contribution in [0.25, 0.3) is 0 Å². The Morgan fingerprint density at radius 1 is 1.86 bits per heavy atom. The fourth-order valence-electron chi connectivity index (χ4n) is 0.233. The van der Waals surface area contributed by atoms with Crippen molar-refractivity contribution in [2.24, 2.45) is 0 Å². The van der Waals surface area contributed by atoms with Crippen molar-refractivity contribution in [2.45, 2.75) is 19.6 Å². The van der Waals surface area contributed by atoms with E-state index in [4.69, 9.17) is 16.0 Å². The van der Waals surface area contributed by atoms with Crippen LogP contribution in [0, 0.1) is 0 Å². The molecule has 1 nitrogen and oxygen atoms in total. The lowest BCUT2D eigenvalue weighted by Gasteiger charge is -2.03. The minimum atomic E-state index is 0.227. The van der Waals surface area contributed by atoms with Gasteiger partial charge in [0, 0.05) is 5.88 Å². The van der Waals surface area contributed by atoms with Crippen LogP contribution in [0.3, 0.4) is 0 Å². The topological polar surface area (TPSA) is 9.23 Å². The largest absolute Gasteiger partial charge is 0.414 e. The first-order chi connectivity index (χ1) is 3.31. The summed E-state index contributed by atoms with van der Waals surface area (Å²) in [6.45, 7) is 3.95. The molecular weight excluding hydrogens is 128 g/mol. The third-order valence-corrected chi connectivity index (χ3v) is 1.61. The van der Waals surface area contributed by atoms with E-state index in [-0.39, 0.29) is 6.10 Å². The molecule has 0 saturated carbocycles. The van der Waals surface area contributed by atoms with E-state index >= 15 is 0 Å². The molecule has 0 N–H and O–H groups in total. The second-order valence-corrected chi connectivity index (χ2v) is 2.24. The highest BCUT2D eigenvalue weighted by molar-refractivity contribution is 6.25. The predicted molar refractivity (Wildman–Crippen MR) is 32.9 cm³/mol. The summed E-state index contributed by atoms with van der Waals surface area (Å²) in [4.78, 5) is 0. The van der Waals surface area contributed by atoms with Gasteiger partial charge in [0.25, 0.3) is 0 Å². The molecule has 0 aromatic heterocycles. The molecule has 0 aliphatic carbocycles. The predicted octanol–water partition coefficient (Wildman–Crippen LogP) is 1.30. The highest BCUT2D eigenvalue weighted by atomic mass is 35.5. The van der Waals surface area contributed by atoms with Gasteiger partial charge in [0.2, 0.25) is 9.76 Å². The molecule has 3 heteroatoms. The van der Waals surface area contributed by atoms with Crippen molar-refractivity contribution < 1.29 is 4.43 Å². The van der Waals surface area contributed by atoms with Crippen molar-refractivity contribution in [3.63, 3.8) is 0 Å². The molecule has 0 aromatic rings. The molecule has 0 spiro atoms. The Bertz CT molecular complexity index is 42.7. The van der Waals surface area contributed by atoms with Gasteiger partial charge in [0.15, 0.2) is 0 Å². The molecular formula is C4H9ClOSi. The van der Waals surface area contributed by atoms with Crippen molar-refractivity contribution in [2.75, 3.05) is 5.88 Å². The molecule has 42 valence electrons. The lowest BCUT2D eigenvalue weighted by molar-refractivity contribution is 0.261. The zero-order valence-corrected chi connectivity index (χ0v) is 6.33. The van der Waals surface area contributed by atoms with Crippen LogP contribution in [0.2, 0.25) is 6.55 Å². The minimum Gasteiger partial charge on any atom is -0.414 e. The van der Waals surface area contributed by atoms with Gasteiger partial charge in [-0.25, -0.2) is 0 Å². The van der Waals surface area contributed by atoms with Gasteiger partial charge in [-0.3, -0.25) is 0 Å². The van der Waals surface area contributed by atoms with Crippen LogP contribution in [0.1, 0.15) is 6.92 Å². The van der Waals surface area contributed by atoms with Crippen LogP contribution in [-0.4, -0.2) is 21.7 Å². The summed E-state index contributed by atoms with van der Waals surface area (Å²) < 4.78 is 5.09. The number of halogens is 1. The zero-order chi connectivity index (χ0) is 5.70. The third kappa shape index (κ3) is 4.32. The molecule has 0 saturated heterocycles. The average Bonchev–Trinajstić information content (AvgIpc) is 1.68. The van der Waals surface area contributed by atoms with Gasteiger partial charge in [-0.1, -0.05) is 0 Å². The van der Waals surface area contributed by atoms with Gasteiger partial charge >= 0.3 is 0 Å². The summed E-state index contributed by atoms with van der Waals surface area (Å²) in [5.41, 5.74) is 0. The molecule has 0 heterocycles. The molecule has 2 radical (unpaired) electrons. The number of rotatable bonds is 3. The second kappa shape index (κ2) is 4.62. The quantitative estimate of drug-likeness (QED) is 0.420. The number of hydrogen-bond acceptors (Lipinski definition) is 1. The van der Waals surface area contributed by atoms with Gasteiger partial charge < -0.3 is 4.43 Å². The molecule has 0 aliphatic rings. The first-order valence-corrected chi connectivity index (χ1v) is 4.14. The summed E-state index contributed by atoms with van der Waals surface area (Å²) >= 11 is 5.41. The van der Waals surface area contributed by atoms with Gasteiger partial charge in [-0.15, -0.1) is 11.6 Å². The smallest absolute Gasteiger partial charge is 0.226 e. The summed E-state index contributed by atoms with van der Waals surface area (Å²) in [5, 5.41) is 0. The van der Waals surface area contributed by atoms with E-state index in [1.165, 1.54) is 0 Å². The van der Waals surface area contributed by atoms with E-state index in [2.05, 4.69) is 0 Å². The number of hydrogen-bond donors (Lipinski definition) is 0. The van der Waals surface area contributed by atoms with Crippen molar-refractivity contribution in [1.29, 1.82) is 0 Å². The lowest BCUT2D eigenvalue weighted by Crippen LogP contribution is -2.10. The van der Waals surface area contributed by atoms with Gasteiger partial charge in [0.1, 0.15) is 0 Å². The SMILES string of the molecule is C[Si]OC(C)CCl. The zero-order valence-electron chi connectivity index (χ0n) is 4.57. The van der Waals surface area contributed by atoms with E-state index in [1.807, 2.05) is 13.5 Å². The van der Waals surface area contributed by atoms with Crippen LogP contribution in [-0.2, 0) is 4.43 Å². The summed E-state index contributed by atoms with van der Waals surface area (Å²) in [6, 6.07) is 0. The standard InChI is InChI=1S/C4H9ClOSi/c1-4(3-5)6-7-2/h4H,3H2,1-2H3. The Morgan fingerprint density at radius 3 is 2.57 bits per heavy atom. The van der Waals surface area contributed by atoms with E-state index in [0.29, 0.717) is 15.6 Å². The highest BCUT2D eigenvalue weighted by Gasteiger charge is 1.94. The van der Waals surface area contributed by atoms with Crippen molar-refractivity contribution in [3.05, 3.63) is 0 Å². The molecule has 0 fully saturated rings. The van der Waals surface area contributed by atoms with Crippen molar-refractivity contribution >= 4 is 21.4 Å². The van der Waals surface area contributed by atoms with Crippen LogP contribution in [0.15, 0.2) is 0 Å². The van der Waals surface area contributed by atoms with Crippen molar-refractivity contribution in [3.8, 4) is 0 Å². The first-order valence-electron chi connectivity index (χ1n) is 2.19. The van der Waals surface area contributed by atoms with Crippen molar-refractivity contribution in [1.82, 2.24) is 0 Å². The van der Waals surface area contributed by atoms with E-state index < -0.39 is 0 Å². The first kappa shape index (κ1) is 7.47. The number of alkyl halides is 1. The molecule has 0 bridgehead atoms. The normalized spacial score (nSPS) is 14.1. The molecule has 1 unspecified atom stereocenters. The average molecular weight is 137 g/mol. The Labute approximate surface area is 51.9 Å². The van der Waals surface area contributed by atoms with E-state index in [0.717, 1.165) is 0 Å².